The van der Waals surface area contributed by atoms with E-state index in [0.29, 0.717) is 36.9 Å². The van der Waals surface area contributed by atoms with Gasteiger partial charge < -0.3 is 5.32 Å². The number of aromatic nitrogens is 4. The highest BCUT2D eigenvalue weighted by Gasteiger charge is 2.21. The summed E-state index contributed by atoms with van der Waals surface area (Å²) in [6.45, 7) is 6.49. The van der Waals surface area contributed by atoms with Crippen molar-refractivity contribution in [2.24, 2.45) is 0 Å². The van der Waals surface area contributed by atoms with E-state index in [1.54, 1.807) is 6.07 Å². The summed E-state index contributed by atoms with van der Waals surface area (Å²) in [7, 11) is 0. The molecule has 0 aliphatic rings. The fraction of sp³-hybridized carbons (Fsp3) is 0.462. The lowest BCUT2D eigenvalue weighted by Gasteiger charge is -2.07. The minimum absolute atomic E-state index is 0.0843. The molecule has 0 atom stereocenters. The van der Waals surface area contributed by atoms with Gasteiger partial charge in [0.05, 0.1) is 4.92 Å². The van der Waals surface area contributed by atoms with Crippen LogP contribution in [-0.2, 0) is 12.8 Å². The first-order valence-corrected chi connectivity index (χ1v) is 6.95. The van der Waals surface area contributed by atoms with Crippen molar-refractivity contribution in [1.29, 1.82) is 0 Å². The zero-order valence-corrected chi connectivity index (χ0v) is 12.3. The van der Waals surface area contributed by atoms with E-state index in [1.165, 1.54) is 10.7 Å². The van der Waals surface area contributed by atoms with Gasteiger partial charge in [-0.3, -0.25) is 10.1 Å². The van der Waals surface area contributed by atoms with Crippen molar-refractivity contribution < 1.29 is 4.92 Å². The van der Waals surface area contributed by atoms with Crippen molar-refractivity contribution in [2.45, 2.75) is 33.6 Å². The topological polar surface area (TPSA) is 98.8 Å². The Morgan fingerprint density at radius 1 is 1.24 bits per heavy atom. The van der Waals surface area contributed by atoms with Crippen molar-refractivity contribution in [2.75, 3.05) is 11.9 Å². The van der Waals surface area contributed by atoms with E-state index in [2.05, 4.69) is 20.4 Å². The van der Waals surface area contributed by atoms with Crippen LogP contribution in [0.2, 0.25) is 0 Å². The molecule has 1 N–H and O–H groups in total. The fourth-order valence-corrected chi connectivity index (χ4v) is 1.96. The van der Waals surface area contributed by atoms with Gasteiger partial charge in [0.1, 0.15) is 11.6 Å². The predicted octanol–water partition coefficient (Wildman–Crippen LogP) is 2.13. The van der Waals surface area contributed by atoms with Gasteiger partial charge in [-0.2, -0.15) is 4.68 Å². The van der Waals surface area contributed by atoms with Crippen LogP contribution in [0.25, 0.3) is 5.82 Å². The second-order valence-electron chi connectivity index (χ2n) is 4.39. The van der Waals surface area contributed by atoms with E-state index in [9.17, 15) is 10.1 Å². The van der Waals surface area contributed by atoms with Gasteiger partial charge >= 0.3 is 5.69 Å². The first kappa shape index (κ1) is 14.9. The first-order valence-electron chi connectivity index (χ1n) is 6.95. The molecule has 0 aliphatic heterocycles. The van der Waals surface area contributed by atoms with Crippen LogP contribution in [0.1, 0.15) is 32.4 Å². The largest absolute Gasteiger partial charge is 0.370 e. The molecule has 2 aromatic rings. The maximum Gasteiger partial charge on any atom is 0.313 e. The molecule has 0 saturated heterocycles. The molecule has 112 valence electrons. The summed E-state index contributed by atoms with van der Waals surface area (Å²) in [6.07, 6.45) is 1.29. The van der Waals surface area contributed by atoms with E-state index in [1.807, 2.05) is 20.8 Å². The van der Waals surface area contributed by atoms with E-state index in [-0.39, 0.29) is 11.5 Å². The molecular formula is C13H18N6O2. The number of nitrogens with one attached hydrogen (secondary N) is 1. The quantitative estimate of drug-likeness (QED) is 0.646. The van der Waals surface area contributed by atoms with Crippen LogP contribution in [0, 0.1) is 10.1 Å². The average Bonchev–Trinajstić information content (AvgIpc) is 2.90. The van der Waals surface area contributed by atoms with Gasteiger partial charge in [0.25, 0.3) is 0 Å². The summed E-state index contributed by atoms with van der Waals surface area (Å²) in [5.74, 6) is 2.09. The molecule has 0 saturated carbocycles. The molecule has 0 radical (unpaired) electrons. The number of hydrogen-bond donors (Lipinski definition) is 1. The lowest BCUT2D eigenvalue weighted by Crippen LogP contribution is -2.10. The van der Waals surface area contributed by atoms with Gasteiger partial charge in [-0.1, -0.05) is 13.8 Å². The number of pyridine rings is 1. The molecule has 0 amide bonds. The van der Waals surface area contributed by atoms with Gasteiger partial charge in [0.2, 0.25) is 5.82 Å². The number of anilines is 1. The van der Waals surface area contributed by atoms with Crippen LogP contribution in [0.5, 0.6) is 0 Å². The maximum absolute atomic E-state index is 11.2. The van der Waals surface area contributed by atoms with E-state index < -0.39 is 4.92 Å². The Balaban J connectivity index is 2.61. The van der Waals surface area contributed by atoms with Crippen molar-refractivity contribution in [3.63, 3.8) is 0 Å². The van der Waals surface area contributed by atoms with E-state index >= 15 is 0 Å². The van der Waals surface area contributed by atoms with Gasteiger partial charge in [0.15, 0.2) is 5.82 Å². The number of nitrogens with zero attached hydrogens (tertiary/aromatic N) is 5. The molecule has 0 aliphatic carbocycles. The molecule has 8 nitrogen and oxygen atoms in total. The smallest absolute Gasteiger partial charge is 0.313 e. The minimum Gasteiger partial charge on any atom is -0.370 e. The predicted molar refractivity (Wildman–Crippen MR) is 78.7 cm³/mol. The zero-order valence-electron chi connectivity index (χ0n) is 12.3. The fourth-order valence-electron chi connectivity index (χ4n) is 1.96. The summed E-state index contributed by atoms with van der Waals surface area (Å²) in [5, 5.41) is 18.6. The van der Waals surface area contributed by atoms with Crippen molar-refractivity contribution in [1.82, 2.24) is 19.7 Å². The first-order chi connectivity index (χ1) is 10.1. The lowest BCUT2D eigenvalue weighted by atomic mass is 10.3. The normalized spacial score (nSPS) is 10.6. The van der Waals surface area contributed by atoms with Crippen LogP contribution < -0.4 is 5.32 Å². The van der Waals surface area contributed by atoms with Crippen LogP contribution >= 0.6 is 0 Å². The monoisotopic (exact) mass is 290 g/mol. The number of hydrogen-bond acceptors (Lipinski definition) is 6. The summed E-state index contributed by atoms with van der Waals surface area (Å²) in [4.78, 5) is 19.5. The molecule has 0 aromatic carbocycles. The number of rotatable bonds is 6. The third-order valence-corrected chi connectivity index (χ3v) is 2.96. The lowest BCUT2D eigenvalue weighted by molar-refractivity contribution is -0.384. The van der Waals surface area contributed by atoms with Crippen LogP contribution in [0.4, 0.5) is 11.5 Å². The van der Waals surface area contributed by atoms with Crippen molar-refractivity contribution in [3.05, 3.63) is 33.9 Å². The van der Waals surface area contributed by atoms with E-state index in [4.69, 9.17) is 0 Å². The molecule has 0 bridgehead atoms. The molecule has 2 heterocycles. The van der Waals surface area contributed by atoms with Crippen LogP contribution in [0.3, 0.4) is 0 Å². The molecule has 0 unspecified atom stereocenters. The van der Waals surface area contributed by atoms with Crippen molar-refractivity contribution in [3.8, 4) is 5.82 Å². The molecule has 0 fully saturated rings. The molecule has 0 spiro atoms. The number of nitro groups is 1. The Morgan fingerprint density at radius 2 is 2.00 bits per heavy atom. The Kier molecular flexibility index (Phi) is 4.46. The average molecular weight is 290 g/mol. The molecule has 8 heteroatoms. The standard InChI is InChI=1S/C13H18N6O2/c1-4-10-15-12(5-2)18(17-10)13-9(19(20)21)7-8-11(16-13)14-6-3/h7-8H,4-6H2,1-3H3,(H,14,16). The van der Waals surface area contributed by atoms with E-state index in [0.717, 1.165) is 0 Å². The maximum atomic E-state index is 11.2. The molecule has 2 aromatic heterocycles. The number of aryl methyl sites for hydroxylation is 2. The van der Waals surface area contributed by atoms with Gasteiger partial charge in [-0.25, -0.2) is 9.97 Å². The Bertz CT molecular complexity index is 652. The van der Waals surface area contributed by atoms with Gasteiger partial charge in [0, 0.05) is 25.5 Å². The highest BCUT2D eigenvalue weighted by Crippen LogP contribution is 2.23. The molecule has 2 rings (SSSR count). The Labute approximate surface area is 122 Å². The van der Waals surface area contributed by atoms with Crippen molar-refractivity contribution >= 4 is 11.5 Å². The zero-order chi connectivity index (χ0) is 15.4. The third kappa shape index (κ3) is 2.99. The van der Waals surface area contributed by atoms with Crippen LogP contribution in [0.15, 0.2) is 12.1 Å². The highest BCUT2D eigenvalue weighted by molar-refractivity contribution is 5.53. The highest BCUT2D eigenvalue weighted by atomic mass is 16.6. The second kappa shape index (κ2) is 6.29. The third-order valence-electron chi connectivity index (χ3n) is 2.96. The Morgan fingerprint density at radius 3 is 2.57 bits per heavy atom. The summed E-state index contributed by atoms with van der Waals surface area (Å²) in [5.41, 5.74) is -0.0843. The van der Waals surface area contributed by atoms with Crippen LogP contribution in [-0.4, -0.2) is 31.2 Å². The van der Waals surface area contributed by atoms with Gasteiger partial charge in [-0.05, 0) is 13.0 Å². The SMILES string of the molecule is CCNc1ccc([N+](=O)[O-])c(-n2nc(CC)nc2CC)n1. The summed E-state index contributed by atoms with van der Waals surface area (Å²) < 4.78 is 1.47. The summed E-state index contributed by atoms with van der Waals surface area (Å²) in [6, 6.07) is 3.03. The Hall–Kier alpha value is -2.51. The molecule has 21 heavy (non-hydrogen) atoms. The second-order valence-corrected chi connectivity index (χ2v) is 4.39. The van der Waals surface area contributed by atoms with Gasteiger partial charge in [-0.15, -0.1) is 5.10 Å². The summed E-state index contributed by atoms with van der Waals surface area (Å²) >= 11 is 0. The molecular weight excluding hydrogens is 272 g/mol. The minimum atomic E-state index is -0.454.